The van der Waals surface area contributed by atoms with E-state index in [1.54, 1.807) is 0 Å². The highest BCUT2D eigenvalue weighted by Gasteiger charge is 2.24. The molecule has 2 atom stereocenters. The molecule has 0 bridgehead atoms. The minimum atomic E-state index is -3.58. The summed E-state index contributed by atoms with van der Waals surface area (Å²) in [4.78, 5) is 12.0. The number of sulfonamides is 1. The van der Waals surface area contributed by atoms with Gasteiger partial charge in [-0.2, -0.15) is 0 Å². The number of carbonyl (C=O) groups excluding carboxylic acids is 1. The number of halogens is 1. The fourth-order valence-corrected chi connectivity index (χ4v) is 2.94. The number of hydrogen-bond acceptors (Lipinski definition) is 4. The lowest BCUT2D eigenvalue weighted by Gasteiger charge is -2.11. The molecule has 1 fully saturated rings. The SMILES string of the molecule is CNS(=O)(=O)c1cccc(C(=O)NC[C@@H]2C[C@H](F)CN2)c1. The van der Waals surface area contributed by atoms with Gasteiger partial charge in [-0.15, -0.1) is 0 Å². The second-order valence-electron chi connectivity index (χ2n) is 4.88. The third-order valence-electron chi connectivity index (χ3n) is 3.35. The first-order valence-corrected chi connectivity index (χ1v) is 8.10. The van der Waals surface area contributed by atoms with Crippen LogP contribution in [0, 0.1) is 0 Å². The minimum absolute atomic E-state index is 0.0282. The van der Waals surface area contributed by atoms with Crippen molar-refractivity contribution < 1.29 is 17.6 Å². The van der Waals surface area contributed by atoms with Crippen LogP contribution in [0.4, 0.5) is 4.39 Å². The lowest BCUT2D eigenvalue weighted by molar-refractivity contribution is 0.0949. The third-order valence-corrected chi connectivity index (χ3v) is 4.76. The summed E-state index contributed by atoms with van der Waals surface area (Å²) in [5, 5.41) is 5.64. The van der Waals surface area contributed by atoms with E-state index in [1.807, 2.05) is 0 Å². The number of benzene rings is 1. The van der Waals surface area contributed by atoms with E-state index in [0.717, 1.165) is 0 Å². The van der Waals surface area contributed by atoms with Gasteiger partial charge in [-0.3, -0.25) is 4.79 Å². The largest absolute Gasteiger partial charge is 0.350 e. The van der Waals surface area contributed by atoms with Gasteiger partial charge in [-0.05, 0) is 31.7 Å². The molecule has 0 unspecified atom stereocenters. The molecule has 3 N–H and O–H groups in total. The van der Waals surface area contributed by atoms with Crippen molar-refractivity contribution in [3.05, 3.63) is 29.8 Å². The van der Waals surface area contributed by atoms with Crippen molar-refractivity contribution in [2.75, 3.05) is 20.1 Å². The highest BCUT2D eigenvalue weighted by atomic mass is 32.2. The number of carbonyl (C=O) groups is 1. The molecule has 6 nitrogen and oxygen atoms in total. The smallest absolute Gasteiger partial charge is 0.251 e. The van der Waals surface area contributed by atoms with Gasteiger partial charge in [0.1, 0.15) is 6.17 Å². The second kappa shape index (κ2) is 6.50. The Morgan fingerprint density at radius 3 is 2.86 bits per heavy atom. The van der Waals surface area contributed by atoms with E-state index in [2.05, 4.69) is 15.4 Å². The van der Waals surface area contributed by atoms with Crippen molar-refractivity contribution in [2.45, 2.75) is 23.5 Å². The minimum Gasteiger partial charge on any atom is -0.350 e. The van der Waals surface area contributed by atoms with Crippen molar-refractivity contribution in [1.29, 1.82) is 0 Å². The van der Waals surface area contributed by atoms with Crippen LogP contribution in [0.5, 0.6) is 0 Å². The monoisotopic (exact) mass is 315 g/mol. The van der Waals surface area contributed by atoms with E-state index >= 15 is 0 Å². The van der Waals surface area contributed by atoms with Crippen LogP contribution in [0.2, 0.25) is 0 Å². The Morgan fingerprint density at radius 2 is 2.24 bits per heavy atom. The van der Waals surface area contributed by atoms with Crippen LogP contribution in [0.3, 0.4) is 0 Å². The predicted octanol–water partition coefficient (Wildman–Crippen LogP) is 0.0245. The van der Waals surface area contributed by atoms with Crippen molar-refractivity contribution in [1.82, 2.24) is 15.4 Å². The zero-order chi connectivity index (χ0) is 15.5. The molecule has 1 aromatic rings. The summed E-state index contributed by atoms with van der Waals surface area (Å²) in [6, 6.07) is 5.66. The van der Waals surface area contributed by atoms with E-state index in [9.17, 15) is 17.6 Å². The molecule has 0 aromatic heterocycles. The zero-order valence-electron chi connectivity index (χ0n) is 11.6. The number of hydrogen-bond donors (Lipinski definition) is 3. The molecular formula is C13H18FN3O3S. The number of rotatable bonds is 5. The lowest BCUT2D eigenvalue weighted by atomic mass is 10.2. The number of nitrogens with one attached hydrogen (secondary N) is 3. The van der Waals surface area contributed by atoms with Gasteiger partial charge in [0.2, 0.25) is 10.0 Å². The molecular weight excluding hydrogens is 297 g/mol. The summed E-state index contributed by atoms with van der Waals surface area (Å²) in [5.41, 5.74) is 0.251. The molecule has 1 aliphatic heterocycles. The summed E-state index contributed by atoms with van der Waals surface area (Å²) in [6.07, 6.45) is -0.509. The van der Waals surface area contributed by atoms with Crippen LogP contribution in [0.1, 0.15) is 16.8 Å². The molecule has 0 spiro atoms. The average Bonchev–Trinajstić information content (AvgIpc) is 2.90. The molecule has 2 rings (SSSR count). The van der Waals surface area contributed by atoms with Gasteiger partial charge >= 0.3 is 0 Å². The molecule has 0 radical (unpaired) electrons. The van der Waals surface area contributed by atoms with Crippen LogP contribution < -0.4 is 15.4 Å². The molecule has 0 saturated carbocycles. The molecule has 1 saturated heterocycles. The van der Waals surface area contributed by atoms with Crippen LogP contribution in [-0.4, -0.2) is 46.7 Å². The third kappa shape index (κ3) is 3.99. The standard InChI is InChI=1S/C13H18FN3O3S/c1-15-21(19,20)12-4-2-3-9(5-12)13(18)17-8-11-6-10(14)7-16-11/h2-5,10-11,15-16H,6-8H2,1H3,(H,17,18)/t10-,11-/m0/s1. The van der Waals surface area contributed by atoms with Crippen LogP contribution >= 0.6 is 0 Å². The highest BCUT2D eigenvalue weighted by Crippen LogP contribution is 2.12. The van der Waals surface area contributed by atoms with Crippen molar-refractivity contribution >= 4 is 15.9 Å². The first kappa shape index (κ1) is 15.9. The van der Waals surface area contributed by atoms with Gasteiger partial charge in [0.15, 0.2) is 0 Å². The predicted molar refractivity (Wildman–Crippen MR) is 76.3 cm³/mol. The highest BCUT2D eigenvalue weighted by molar-refractivity contribution is 7.89. The first-order chi connectivity index (χ1) is 9.92. The lowest BCUT2D eigenvalue weighted by Crippen LogP contribution is -2.37. The Kier molecular flexibility index (Phi) is 4.92. The van der Waals surface area contributed by atoms with Crippen LogP contribution in [0.25, 0.3) is 0 Å². The maximum atomic E-state index is 13.0. The molecule has 0 aliphatic carbocycles. The topological polar surface area (TPSA) is 87.3 Å². The van der Waals surface area contributed by atoms with Gasteiger partial charge in [0, 0.05) is 24.7 Å². The quantitative estimate of drug-likeness (QED) is 0.715. The van der Waals surface area contributed by atoms with Gasteiger partial charge in [-0.1, -0.05) is 6.07 Å². The van der Waals surface area contributed by atoms with Crippen molar-refractivity contribution in [3.63, 3.8) is 0 Å². The van der Waals surface area contributed by atoms with E-state index in [4.69, 9.17) is 0 Å². The molecule has 1 aromatic carbocycles. The maximum Gasteiger partial charge on any atom is 0.251 e. The van der Waals surface area contributed by atoms with Crippen LogP contribution in [-0.2, 0) is 10.0 Å². The molecule has 21 heavy (non-hydrogen) atoms. The molecule has 1 amide bonds. The van der Waals surface area contributed by atoms with Gasteiger partial charge in [0.25, 0.3) is 5.91 Å². The Labute approximate surface area is 123 Å². The Hall–Kier alpha value is -1.51. The Morgan fingerprint density at radius 1 is 1.48 bits per heavy atom. The fourth-order valence-electron chi connectivity index (χ4n) is 2.17. The zero-order valence-corrected chi connectivity index (χ0v) is 12.4. The normalized spacial score (nSPS) is 22.2. The van der Waals surface area contributed by atoms with E-state index in [-0.39, 0.29) is 22.4 Å². The van der Waals surface area contributed by atoms with E-state index in [1.165, 1.54) is 31.3 Å². The summed E-state index contributed by atoms with van der Waals surface area (Å²) >= 11 is 0. The molecule has 1 aliphatic rings. The Balaban J connectivity index is 2.01. The van der Waals surface area contributed by atoms with Crippen molar-refractivity contribution in [3.8, 4) is 0 Å². The number of amides is 1. The maximum absolute atomic E-state index is 13.0. The average molecular weight is 315 g/mol. The Bertz CT molecular complexity index is 621. The molecule has 1 heterocycles. The van der Waals surface area contributed by atoms with E-state index < -0.39 is 16.2 Å². The fraction of sp³-hybridized carbons (Fsp3) is 0.462. The van der Waals surface area contributed by atoms with Crippen LogP contribution in [0.15, 0.2) is 29.2 Å². The molecule has 8 heteroatoms. The van der Waals surface area contributed by atoms with Gasteiger partial charge < -0.3 is 10.6 Å². The summed E-state index contributed by atoms with van der Waals surface area (Å²) in [6.45, 7) is 0.610. The van der Waals surface area contributed by atoms with Gasteiger partial charge in [0.05, 0.1) is 4.90 Å². The second-order valence-corrected chi connectivity index (χ2v) is 6.77. The van der Waals surface area contributed by atoms with E-state index in [0.29, 0.717) is 19.5 Å². The van der Waals surface area contributed by atoms with Crippen molar-refractivity contribution in [2.24, 2.45) is 0 Å². The summed E-state index contributed by atoms with van der Waals surface area (Å²) in [5.74, 6) is -0.382. The summed E-state index contributed by atoms with van der Waals surface area (Å²) in [7, 11) is -2.28. The number of alkyl halides is 1. The molecule has 116 valence electrons. The summed E-state index contributed by atoms with van der Waals surface area (Å²) < 4.78 is 38.6. The van der Waals surface area contributed by atoms with Gasteiger partial charge in [-0.25, -0.2) is 17.5 Å². The first-order valence-electron chi connectivity index (χ1n) is 6.61.